The largest absolute Gasteiger partial charge is 0.467 e. The van der Waals surface area contributed by atoms with Gasteiger partial charge in [-0.3, -0.25) is 15.0 Å². The van der Waals surface area contributed by atoms with Crippen molar-refractivity contribution in [3.63, 3.8) is 0 Å². The molecule has 1 aliphatic heterocycles. The van der Waals surface area contributed by atoms with Gasteiger partial charge in [0.05, 0.1) is 20.1 Å². The first-order valence-electron chi connectivity index (χ1n) is 10.9. The van der Waals surface area contributed by atoms with Crippen LogP contribution in [-0.4, -0.2) is 71.2 Å². The van der Waals surface area contributed by atoms with Crippen LogP contribution < -0.4 is 0 Å². The zero-order valence-corrected chi connectivity index (χ0v) is 22.4. The third-order valence-corrected chi connectivity index (χ3v) is 5.47. The maximum absolute atomic E-state index is 12.7. The molecule has 1 aromatic carbocycles. The molecule has 0 bridgehead atoms. The normalized spacial score (nSPS) is 23.5. The van der Waals surface area contributed by atoms with Crippen molar-refractivity contribution in [1.82, 2.24) is 0 Å². The Morgan fingerprint density at radius 1 is 0.946 bits per heavy atom. The summed E-state index contributed by atoms with van der Waals surface area (Å²) in [6.07, 6.45) is -8.15. The number of hydrogen-bond donors (Lipinski definition) is 1. The number of hydrogen-bond acceptors (Lipinski definition) is 11. The fraction of sp³-hybridized carbons (Fsp3) is 0.522. The summed E-state index contributed by atoms with van der Waals surface area (Å²) in [6, 6.07) is 8.81. The Morgan fingerprint density at radius 3 is 2.14 bits per heavy atom. The number of Topliss-reactive ketones (excluding diaryl/α,β-unsaturated/α-hetero) is 1. The van der Waals surface area contributed by atoms with Gasteiger partial charge in [0, 0.05) is 13.3 Å². The van der Waals surface area contributed by atoms with Crippen molar-refractivity contribution in [1.29, 1.82) is 5.41 Å². The van der Waals surface area contributed by atoms with Crippen LogP contribution in [0.1, 0.15) is 32.3 Å². The molecule has 0 saturated carbocycles. The number of carbonyl (C=O) groups is 4. The van der Waals surface area contributed by atoms with E-state index in [9.17, 15) is 19.2 Å². The Morgan fingerprint density at radius 2 is 1.59 bits per heavy atom. The average Bonchev–Trinajstić information content (AvgIpc) is 2.82. The standard InChI is InChI=1S/C23H26Cl3NO10/c1-12(28)9-10-15(30)35-17-16(33-11-14-7-5-4-6-8-14)19(34-13(2)29)21(36-18(17)20(31)32-3)37-22(27)23(24,25)26/h4-8,16-19,21,27H,9-11H2,1-3H3/t16-,17-,18+,19+,21+/m1/s1. The van der Waals surface area contributed by atoms with Crippen LogP contribution in [-0.2, 0) is 54.2 Å². The number of alkyl halides is 3. The van der Waals surface area contributed by atoms with Crippen LogP contribution in [0.2, 0.25) is 0 Å². The van der Waals surface area contributed by atoms with Gasteiger partial charge in [0.25, 0.3) is 3.79 Å². The van der Waals surface area contributed by atoms with Crippen molar-refractivity contribution in [2.75, 3.05) is 7.11 Å². The number of benzene rings is 1. The summed E-state index contributed by atoms with van der Waals surface area (Å²) in [5.41, 5.74) is 0.693. The van der Waals surface area contributed by atoms with Gasteiger partial charge in [0.2, 0.25) is 12.2 Å². The van der Waals surface area contributed by atoms with E-state index in [0.29, 0.717) is 5.56 Å². The van der Waals surface area contributed by atoms with E-state index in [-0.39, 0.29) is 25.2 Å². The van der Waals surface area contributed by atoms with Crippen molar-refractivity contribution < 1.29 is 47.6 Å². The molecule has 204 valence electrons. The smallest absolute Gasteiger partial charge is 0.339 e. The fourth-order valence-corrected chi connectivity index (χ4v) is 3.42. The lowest BCUT2D eigenvalue weighted by Gasteiger charge is -2.43. The summed E-state index contributed by atoms with van der Waals surface area (Å²) in [5.74, 6) is -3.81. The van der Waals surface area contributed by atoms with Gasteiger partial charge >= 0.3 is 17.9 Å². The highest BCUT2D eigenvalue weighted by atomic mass is 35.6. The minimum atomic E-state index is -2.32. The van der Waals surface area contributed by atoms with Gasteiger partial charge in [-0.1, -0.05) is 65.1 Å². The highest BCUT2D eigenvalue weighted by Gasteiger charge is 2.55. The van der Waals surface area contributed by atoms with E-state index in [2.05, 4.69) is 0 Å². The monoisotopic (exact) mass is 581 g/mol. The highest BCUT2D eigenvalue weighted by Crippen LogP contribution is 2.34. The zero-order valence-electron chi connectivity index (χ0n) is 20.1. The first kappa shape index (κ1) is 30.8. The minimum absolute atomic E-state index is 0.0761. The van der Waals surface area contributed by atoms with Gasteiger partial charge < -0.3 is 33.2 Å². The Bertz CT molecular complexity index is 985. The van der Waals surface area contributed by atoms with Crippen LogP contribution in [0.15, 0.2) is 30.3 Å². The van der Waals surface area contributed by atoms with Gasteiger partial charge in [0.1, 0.15) is 11.9 Å². The molecule has 0 radical (unpaired) electrons. The van der Waals surface area contributed by atoms with Crippen molar-refractivity contribution in [3.05, 3.63) is 35.9 Å². The fourth-order valence-electron chi connectivity index (χ4n) is 3.29. The van der Waals surface area contributed by atoms with Crippen LogP contribution in [0.3, 0.4) is 0 Å². The molecular weight excluding hydrogens is 557 g/mol. The van der Waals surface area contributed by atoms with Crippen molar-refractivity contribution >= 4 is 64.4 Å². The van der Waals surface area contributed by atoms with E-state index < -0.39 is 58.3 Å². The molecular formula is C23H26Cl3NO10. The van der Waals surface area contributed by atoms with Gasteiger partial charge in [-0.2, -0.15) is 0 Å². The van der Waals surface area contributed by atoms with E-state index in [4.69, 9.17) is 68.6 Å². The summed E-state index contributed by atoms with van der Waals surface area (Å²) in [5, 5.41) is 7.91. The molecule has 37 heavy (non-hydrogen) atoms. The summed E-state index contributed by atoms with van der Waals surface area (Å²) in [4.78, 5) is 48.5. The molecule has 0 unspecified atom stereocenters. The van der Waals surface area contributed by atoms with Crippen LogP contribution in [0.4, 0.5) is 0 Å². The maximum atomic E-state index is 12.7. The molecule has 5 atom stereocenters. The number of halogens is 3. The second kappa shape index (κ2) is 13.9. The first-order valence-corrected chi connectivity index (χ1v) is 12.0. The Kier molecular flexibility index (Phi) is 11.6. The van der Waals surface area contributed by atoms with Crippen LogP contribution in [0.5, 0.6) is 0 Å². The Labute approximate surface area is 228 Å². The number of rotatable bonds is 10. The molecule has 1 N–H and O–H groups in total. The average molecular weight is 583 g/mol. The molecule has 14 heteroatoms. The Balaban J connectivity index is 2.49. The third kappa shape index (κ3) is 9.42. The van der Waals surface area contributed by atoms with E-state index in [1.807, 2.05) is 0 Å². The summed E-state index contributed by atoms with van der Waals surface area (Å²) >= 11 is 17.1. The second-order valence-electron chi connectivity index (χ2n) is 7.88. The SMILES string of the molecule is COC(=O)[C@H]1O[C@@H](OC(=N)C(Cl)(Cl)Cl)[C@@H](OC(C)=O)[C@H](OCc2ccccc2)[C@H]1OC(=O)CCC(C)=O. The molecule has 0 aromatic heterocycles. The molecule has 0 aliphatic carbocycles. The second-order valence-corrected chi connectivity index (χ2v) is 10.2. The molecule has 11 nitrogen and oxygen atoms in total. The molecule has 0 amide bonds. The van der Waals surface area contributed by atoms with Crippen molar-refractivity contribution in [3.8, 4) is 0 Å². The predicted molar refractivity (Wildman–Crippen MR) is 130 cm³/mol. The van der Waals surface area contributed by atoms with Gasteiger partial charge in [-0.15, -0.1) is 0 Å². The molecule has 1 saturated heterocycles. The first-order chi connectivity index (χ1) is 17.3. The van der Waals surface area contributed by atoms with Crippen molar-refractivity contribution in [2.24, 2.45) is 0 Å². The summed E-state index contributed by atoms with van der Waals surface area (Å²) in [6.45, 7) is 2.32. The number of carbonyl (C=O) groups excluding carboxylic acids is 4. The van der Waals surface area contributed by atoms with E-state index in [1.165, 1.54) is 6.92 Å². The molecule has 2 rings (SSSR count). The van der Waals surface area contributed by atoms with Gasteiger partial charge in [-0.05, 0) is 12.5 Å². The number of ketones is 1. The van der Waals surface area contributed by atoms with Crippen LogP contribution in [0, 0.1) is 5.41 Å². The molecule has 1 aliphatic rings. The quantitative estimate of drug-likeness (QED) is 0.143. The zero-order chi connectivity index (χ0) is 27.8. The minimum Gasteiger partial charge on any atom is -0.467 e. The van der Waals surface area contributed by atoms with E-state index >= 15 is 0 Å². The maximum Gasteiger partial charge on any atom is 0.339 e. The van der Waals surface area contributed by atoms with Gasteiger partial charge in [-0.25, -0.2) is 4.79 Å². The lowest BCUT2D eigenvalue weighted by Crippen LogP contribution is -2.64. The predicted octanol–water partition coefficient (Wildman–Crippen LogP) is 3.05. The highest BCUT2D eigenvalue weighted by molar-refractivity contribution is 6.76. The summed E-state index contributed by atoms with van der Waals surface area (Å²) in [7, 11) is 1.07. The molecule has 1 aromatic rings. The van der Waals surface area contributed by atoms with Crippen molar-refractivity contribution in [2.45, 2.75) is 67.8 Å². The Hall–Kier alpha value is -2.44. The van der Waals surface area contributed by atoms with Crippen LogP contribution in [0.25, 0.3) is 0 Å². The molecule has 1 heterocycles. The van der Waals surface area contributed by atoms with Crippen LogP contribution >= 0.6 is 34.8 Å². The lowest BCUT2D eigenvalue weighted by atomic mass is 9.97. The van der Waals surface area contributed by atoms with E-state index in [1.54, 1.807) is 30.3 Å². The third-order valence-electron chi connectivity index (χ3n) is 4.96. The van der Waals surface area contributed by atoms with Gasteiger partial charge in [0.15, 0.2) is 18.3 Å². The number of esters is 3. The number of methoxy groups -OCH3 is 1. The lowest BCUT2D eigenvalue weighted by molar-refractivity contribution is -0.291. The van der Waals surface area contributed by atoms with E-state index in [0.717, 1.165) is 14.0 Å². The number of ether oxygens (including phenoxy) is 6. The number of nitrogens with one attached hydrogen (secondary N) is 1. The molecule has 0 spiro atoms. The topological polar surface area (TPSA) is 148 Å². The summed E-state index contributed by atoms with van der Waals surface area (Å²) < 4.78 is 30.2. The molecule has 1 fully saturated rings.